The van der Waals surface area contributed by atoms with Crippen LogP contribution in [0.15, 0.2) is 27.8 Å². The third-order valence-corrected chi connectivity index (χ3v) is 14.2. The van der Waals surface area contributed by atoms with Crippen LogP contribution in [0.5, 0.6) is 5.75 Å². The van der Waals surface area contributed by atoms with E-state index in [9.17, 15) is 19.2 Å². The predicted octanol–water partition coefficient (Wildman–Crippen LogP) is 4.25. The number of nitrogens with one attached hydrogen (secondary N) is 2. The second-order valence-corrected chi connectivity index (χ2v) is 20.5. The zero-order valence-electron chi connectivity index (χ0n) is 40.6. The molecule has 0 spiro atoms. The molecule has 8 heterocycles. The van der Waals surface area contributed by atoms with E-state index in [0.717, 1.165) is 37.8 Å². The van der Waals surface area contributed by atoms with Gasteiger partial charge in [0.25, 0.3) is 5.91 Å². The van der Waals surface area contributed by atoms with Crippen LogP contribution in [0.25, 0.3) is 22.8 Å². The third kappa shape index (κ3) is 9.84. The van der Waals surface area contributed by atoms with E-state index in [1.165, 1.54) is 17.0 Å². The molecule has 2 atom stereocenters. The van der Waals surface area contributed by atoms with Gasteiger partial charge >= 0.3 is 6.09 Å². The number of carbonyl (C=O) groups is 4. The van der Waals surface area contributed by atoms with Crippen molar-refractivity contribution in [3.05, 3.63) is 47.0 Å². The summed E-state index contributed by atoms with van der Waals surface area (Å²) in [5.41, 5.74) is 9.44. The van der Waals surface area contributed by atoms with E-state index in [1.807, 2.05) is 23.6 Å². The number of amides is 4. The molecular weight excluding hydrogens is 923 g/mol. The van der Waals surface area contributed by atoms with Gasteiger partial charge in [0.15, 0.2) is 41.4 Å². The van der Waals surface area contributed by atoms with Crippen molar-refractivity contribution in [3.63, 3.8) is 0 Å². The fraction of sp³-hybridized carbons (Fsp3) is 0.562. The molecule has 4 aromatic rings. The molecule has 4 saturated heterocycles. The number of benzene rings is 1. The number of halogens is 2. The lowest BCUT2D eigenvalue weighted by molar-refractivity contribution is -0.136. The van der Waals surface area contributed by atoms with Crippen LogP contribution in [0.3, 0.4) is 0 Å². The van der Waals surface area contributed by atoms with Crippen molar-refractivity contribution in [2.45, 2.75) is 96.0 Å². The topological polar surface area (TPSA) is 235 Å². The number of piperidine rings is 2. The molecule has 21 nitrogen and oxygen atoms in total. The number of piperazine rings is 1. The summed E-state index contributed by atoms with van der Waals surface area (Å²) in [6.45, 7) is 12.2. The van der Waals surface area contributed by atoms with E-state index in [4.69, 9.17) is 39.8 Å². The number of aromatic nitrogens is 5. The van der Waals surface area contributed by atoms with Gasteiger partial charge in [-0.2, -0.15) is 5.10 Å². The first-order valence-corrected chi connectivity index (χ1v) is 24.4. The first-order chi connectivity index (χ1) is 34.0. The van der Waals surface area contributed by atoms with E-state index >= 15 is 8.78 Å². The zero-order chi connectivity index (χ0) is 49.9. The minimum Gasteiger partial charge on any atom is -0.483 e. The van der Waals surface area contributed by atoms with Crippen LogP contribution in [0, 0.1) is 24.5 Å². The fourth-order valence-electron chi connectivity index (χ4n) is 9.89. The first-order valence-electron chi connectivity index (χ1n) is 24.4. The molecule has 4 amide bonds. The Kier molecular flexibility index (Phi) is 12.9. The SMILES string of the molecule is Cc1nc(-c2c(-c3nn(C(C)(C)C)c4c3C(N)N(C)C=N4)noc2C2CC2)ncc1OC1CN(C(=O)OCC(=O)N2CCC(CN3CCN(c4c(F)cc(NC5CCC(=O)NC5=O)cc4F)CC3)CC2)C1. The molecule has 6 aliphatic rings. The molecule has 1 aliphatic carbocycles. The largest absolute Gasteiger partial charge is 0.483 e. The Morgan fingerprint density at radius 3 is 2.35 bits per heavy atom. The van der Waals surface area contributed by atoms with Crippen molar-refractivity contribution in [2.24, 2.45) is 16.6 Å². The van der Waals surface area contributed by atoms with Crippen LogP contribution in [0.4, 0.5) is 30.8 Å². The highest BCUT2D eigenvalue weighted by Gasteiger charge is 2.40. The molecule has 0 bridgehead atoms. The van der Waals surface area contributed by atoms with Crippen LogP contribution < -0.4 is 26.0 Å². The van der Waals surface area contributed by atoms with Crippen LogP contribution in [-0.4, -0.2) is 159 Å². The highest BCUT2D eigenvalue weighted by Crippen LogP contribution is 2.49. The number of aliphatic imine (C=N–C) groups is 1. The number of ether oxygens (including phenoxy) is 2. The number of fused-ring (bicyclic) bond motifs is 1. The maximum atomic E-state index is 15.2. The van der Waals surface area contributed by atoms with Crippen molar-refractivity contribution >= 4 is 47.3 Å². The van der Waals surface area contributed by atoms with Crippen molar-refractivity contribution in [1.29, 1.82) is 0 Å². The lowest BCUT2D eigenvalue weighted by Crippen LogP contribution is -2.56. The Morgan fingerprint density at radius 2 is 1.69 bits per heavy atom. The van der Waals surface area contributed by atoms with Gasteiger partial charge in [-0.3, -0.25) is 24.6 Å². The van der Waals surface area contributed by atoms with E-state index in [1.54, 1.807) is 22.3 Å². The summed E-state index contributed by atoms with van der Waals surface area (Å²) in [6.07, 6.45) is 5.80. The van der Waals surface area contributed by atoms with Gasteiger partial charge in [-0.1, -0.05) is 5.16 Å². The molecule has 2 unspecified atom stereocenters. The third-order valence-electron chi connectivity index (χ3n) is 14.2. The first kappa shape index (κ1) is 47.9. The van der Waals surface area contributed by atoms with Crippen LogP contribution in [-0.2, 0) is 24.7 Å². The lowest BCUT2D eigenvalue weighted by atomic mass is 9.96. The molecule has 0 radical (unpaired) electrons. The predicted molar refractivity (Wildman–Crippen MR) is 255 cm³/mol. The van der Waals surface area contributed by atoms with Gasteiger partial charge in [0, 0.05) is 70.9 Å². The minimum atomic E-state index is -0.748. The van der Waals surface area contributed by atoms with E-state index in [-0.39, 0.29) is 67.7 Å². The number of imide groups is 1. The molecule has 71 heavy (non-hydrogen) atoms. The molecule has 1 aromatic carbocycles. The standard InChI is InChI=1S/C48H60F2N14O7/c1-26-34(20-52-44(54-26)37-40(58-71-42(37)28-6-7-28)39-38-43(51)59(5)25-53-45(38)64(57-39)48(2,3)4)70-30-22-63(23-30)47(68)69-24-36(66)61-12-10-27(11-13-61)21-60-14-16-62(17-15-60)41-31(49)18-29(19-32(41)50)55-33-8-9-35(65)56-46(33)67/h18-20,25,27-28,30,33,43,55H,6-17,21-24,51H2,1-5H3,(H,56,65,67). The highest BCUT2D eigenvalue weighted by molar-refractivity contribution is 6.01. The number of nitrogens with zero attached hydrogens (tertiary/aromatic N) is 11. The van der Waals surface area contributed by atoms with Crippen molar-refractivity contribution in [1.82, 2.24) is 49.8 Å². The van der Waals surface area contributed by atoms with E-state index < -0.39 is 41.4 Å². The molecule has 10 rings (SSSR count). The van der Waals surface area contributed by atoms with Crippen molar-refractivity contribution in [3.8, 4) is 28.5 Å². The molecule has 23 heteroatoms. The van der Waals surface area contributed by atoms with Crippen molar-refractivity contribution in [2.75, 3.05) is 82.8 Å². The summed E-state index contributed by atoms with van der Waals surface area (Å²) in [5, 5.41) is 14.6. The number of likely N-dealkylation sites (tertiary alicyclic amines) is 2. The number of anilines is 2. The number of aryl methyl sites for hydroxylation is 1. The van der Waals surface area contributed by atoms with Crippen LogP contribution >= 0.6 is 0 Å². The van der Waals surface area contributed by atoms with E-state index in [2.05, 4.69) is 41.5 Å². The van der Waals surface area contributed by atoms with Crippen molar-refractivity contribution < 1.29 is 42.0 Å². The molecule has 3 aromatic heterocycles. The lowest BCUT2D eigenvalue weighted by Gasteiger charge is -2.40. The molecule has 5 fully saturated rings. The summed E-state index contributed by atoms with van der Waals surface area (Å²) >= 11 is 0. The van der Waals surface area contributed by atoms with Gasteiger partial charge in [0.05, 0.1) is 48.0 Å². The smallest absolute Gasteiger partial charge is 0.410 e. The quantitative estimate of drug-likeness (QED) is 0.168. The normalized spacial score (nSPS) is 21.3. The molecule has 1 saturated carbocycles. The Hall–Kier alpha value is -6.75. The molecule has 5 aliphatic heterocycles. The number of hydrogen-bond donors (Lipinski definition) is 3. The summed E-state index contributed by atoms with van der Waals surface area (Å²) in [6, 6.07) is 1.62. The second-order valence-electron chi connectivity index (χ2n) is 20.5. The zero-order valence-corrected chi connectivity index (χ0v) is 40.6. The minimum absolute atomic E-state index is 0.0993. The molecule has 4 N–H and O–H groups in total. The second kappa shape index (κ2) is 19.1. The van der Waals surface area contributed by atoms with E-state index in [0.29, 0.717) is 91.0 Å². The Balaban J connectivity index is 0.666. The summed E-state index contributed by atoms with van der Waals surface area (Å²) in [5.74, 6) is 0.229. The van der Waals surface area contributed by atoms with Gasteiger partial charge < -0.3 is 44.6 Å². The van der Waals surface area contributed by atoms with Crippen LogP contribution in [0.2, 0.25) is 0 Å². The Morgan fingerprint density at radius 1 is 0.972 bits per heavy atom. The Labute approximate surface area is 409 Å². The summed E-state index contributed by atoms with van der Waals surface area (Å²) < 4.78 is 50.0. The average Bonchev–Trinajstić information content (AvgIpc) is 3.94. The summed E-state index contributed by atoms with van der Waals surface area (Å²) in [7, 11) is 1.86. The van der Waals surface area contributed by atoms with Gasteiger partial charge in [-0.05, 0) is 77.8 Å². The maximum Gasteiger partial charge on any atom is 0.410 e. The van der Waals surface area contributed by atoms with Gasteiger partial charge in [0.1, 0.15) is 35.4 Å². The number of nitrogens with two attached hydrogens (primary N) is 1. The number of hydrogen-bond acceptors (Lipinski definition) is 17. The summed E-state index contributed by atoms with van der Waals surface area (Å²) in [4.78, 5) is 72.9. The number of rotatable bonds is 12. The molecule has 378 valence electrons. The highest BCUT2D eigenvalue weighted by atomic mass is 19.1. The average molecular weight is 983 g/mol. The fourth-order valence-corrected chi connectivity index (χ4v) is 9.89. The van der Waals surface area contributed by atoms with Gasteiger partial charge in [0.2, 0.25) is 11.8 Å². The number of carbonyl (C=O) groups excluding carboxylic acids is 4. The maximum absolute atomic E-state index is 15.2. The van der Waals surface area contributed by atoms with Gasteiger partial charge in [-0.25, -0.2) is 33.2 Å². The monoisotopic (exact) mass is 982 g/mol. The molecular formula is C48H60F2N14O7. The Bertz CT molecular complexity index is 2730. The van der Waals surface area contributed by atoms with Crippen LogP contribution in [0.1, 0.15) is 88.4 Å². The van der Waals surface area contributed by atoms with Gasteiger partial charge in [-0.15, -0.1) is 0 Å².